The van der Waals surface area contributed by atoms with E-state index < -0.39 is 37.5 Å². The van der Waals surface area contributed by atoms with Crippen LogP contribution in [0.15, 0.2) is 54.6 Å². The van der Waals surface area contributed by atoms with E-state index >= 15 is 0 Å². The number of hydrogen-bond acceptors (Lipinski definition) is 5. The molecule has 0 spiro atoms. The number of rotatable bonds is 9. The van der Waals surface area contributed by atoms with Crippen LogP contribution in [0, 0.1) is 5.92 Å². The molecule has 8 heteroatoms. The Morgan fingerprint density at radius 1 is 0.966 bits per heavy atom. The molecular weight excluding hydrogens is 371 g/mol. The van der Waals surface area contributed by atoms with E-state index in [1.807, 2.05) is 50.2 Å². The average molecular weight is 398 g/mol. The predicted octanol–water partition coefficient (Wildman–Crippen LogP) is 0.987. The van der Waals surface area contributed by atoms with Crippen LogP contribution in [0.3, 0.4) is 0 Å². The number of aliphatic hydroxyl groups is 1. The van der Waals surface area contributed by atoms with Crippen molar-refractivity contribution in [2.45, 2.75) is 32.3 Å². The molecule has 2 rings (SSSR count). The first-order valence-corrected chi connectivity index (χ1v) is 9.55. The standard InChI is InChI=1S/C21H27BN2O5/c1-14(2)11-19(22(28)29)24-21(27)18(13-25)23-20(26)17-10-6-9-16(12-17)15-7-4-3-5-8-15/h3-10,12,14,18-19,25,28-29H,11,13H2,1-2H3,(H,23,26)(H,24,27)/t18-,19?/m0/s1. The van der Waals surface area contributed by atoms with Crippen LogP contribution in [0.2, 0.25) is 0 Å². The Balaban J connectivity index is 2.08. The van der Waals surface area contributed by atoms with Gasteiger partial charge in [-0.2, -0.15) is 0 Å². The lowest BCUT2D eigenvalue weighted by Crippen LogP contribution is -2.55. The Kier molecular flexibility index (Phi) is 8.39. The maximum absolute atomic E-state index is 12.6. The van der Waals surface area contributed by atoms with E-state index in [1.54, 1.807) is 18.2 Å². The molecule has 2 atom stereocenters. The summed E-state index contributed by atoms with van der Waals surface area (Å²) >= 11 is 0. The number of nitrogens with one attached hydrogen (secondary N) is 2. The van der Waals surface area contributed by atoms with Gasteiger partial charge < -0.3 is 25.8 Å². The SMILES string of the molecule is CC(C)CC(NC(=O)[C@H](CO)NC(=O)c1cccc(-c2ccccc2)c1)B(O)O. The summed E-state index contributed by atoms with van der Waals surface area (Å²) in [5, 5.41) is 33.4. The van der Waals surface area contributed by atoms with Crippen molar-refractivity contribution in [3.8, 4) is 11.1 Å². The van der Waals surface area contributed by atoms with E-state index in [1.165, 1.54) is 0 Å². The van der Waals surface area contributed by atoms with Crippen molar-refractivity contribution in [2.75, 3.05) is 6.61 Å². The van der Waals surface area contributed by atoms with Gasteiger partial charge in [-0.25, -0.2) is 0 Å². The molecule has 29 heavy (non-hydrogen) atoms. The lowest BCUT2D eigenvalue weighted by atomic mass is 9.75. The topological polar surface area (TPSA) is 119 Å². The van der Waals surface area contributed by atoms with Crippen molar-refractivity contribution in [3.63, 3.8) is 0 Å². The quantitative estimate of drug-likeness (QED) is 0.404. The van der Waals surface area contributed by atoms with E-state index in [9.17, 15) is 24.7 Å². The Hall–Kier alpha value is -2.68. The van der Waals surface area contributed by atoms with Crippen LogP contribution >= 0.6 is 0 Å². The van der Waals surface area contributed by atoms with E-state index in [0.717, 1.165) is 11.1 Å². The molecule has 0 aromatic heterocycles. The normalized spacial score (nSPS) is 12.9. The van der Waals surface area contributed by atoms with E-state index in [-0.39, 0.29) is 5.92 Å². The van der Waals surface area contributed by atoms with Gasteiger partial charge >= 0.3 is 7.12 Å². The van der Waals surface area contributed by atoms with Gasteiger partial charge in [-0.3, -0.25) is 9.59 Å². The summed E-state index contributed by atoms with van der Waals surface area (Å²) in [7, 11) is -1.74. The van der Waals surface area contributed by atoms with Crippen LogP contribution in [0.5, 0.6) is 0 Å². The maximum Gasteiger partial charge on any atom is 0.475 e. The second-order valence-corrected chi connectivity index (χ2v) is 7.31. The molecule has 2 aromatic rings. The van der Waals surface area contributed by atoms with Crippen LogP contribution in [-0.2, 0) is 4.79 Å². The van der Waals surface area contributed by atoms with Crippen molar-refractivity contribution in [1.82, 2.24) is 10.6 Å². The lowest BCUT2D eigenvalue weighted by Gasteiger charge is -2.23. The van der Waals surface area contributed by atoms with E-state index in [0.29, 0.717) is 12.0 Å². The van der Waals surface area contributed by atoms with Gasteiger partial charge in [0.05, 0.1) is 12.5 Å². The second-order valence-electron chi connectivity index (χ2n) is 7.31. The molecule has 0 bridgehead atoms. The second kappa shape index (κ2) is 10.8. The fraction of sp³-hybridized carbons (Fsp3) is 0.333. The maximum atomic E-state index is 12.6. The third kappa shape index (κ3) is 6.71. The molecule has 154 valence electrons. The molecule has 5 N–H and O–H groups in total. The number of amides is 2. The summed E-state index contributed by atoms with van der Waals surface area (Å²) < 4.78 is 0. The molecule has 1 unspecified atom stereocenters. The highest BCUT2D eigenvalue weighted by atomic mass is 16.4. The number of benzene rings is 2. The van der Waals surface area contributed by atoms with Crippen molar-refractivity contribution in [1.29, 1.82) is 0 Å². The Morgan fingerprint density at radius 3 is 2.21 bits per heavy atom. The first-order chi connectivity index (χ1) is 13.8. The summed E-state index contributed by atoms with van der Waals surface area (Å²) in [6.45, 7) is 3.14. The zero-order chi connectivity index (χ0) is 21.4. The van der Waals surface area contributed by atoms with Gasteiger partial charge in [0.2, 0.25) is 5.91 Å². The van der Waals surface area contributed by atoms with Crippen LogP contribution in [-0.4, -0.2) is 52.7 Å². The molecule has 0 fully saturated rings. The largest absolute Gasteiger partial charge is 0.475 e. The monoisotopic (exact) mass is 398 g/mol. The number of carbonyl (C=O) groups excluding carboxylic acids is 2. The van der Waals surface area contributed by atoms with Gasteiger partial charge in [-0.1, -0.05) is 56.3 Å². The molecule has 2 amide bonds. The predicted molar refractivity (Wildman–Crippen MR) is 112 cm³/mol. The summed E-state index contributed by atoms with van der Waals surface area (Å²) in [5.74, 6) is -1.97. The molecule has 0 aliphatic rings. The minimum Gasteiger partial charge on any atom is -0.426 e. The Labute approximate surface area is 170 Å². The first-order valence-electron chi connectivity index (χ1n) is 9.55. The van der Waals surface area contributed by atoms with E-state index in [4.69, 9.17) is 0 Å². The third-order valence-electron chi connectivity index (χ3n) is 4.45. The summed E-state index contributed by atoms with van der Waals surface area (Å²) in [6.07, 6.45) is 0.342. The first kappa shape index (κ1) is 22.6. The van der Waals surface area contributed by atoms with Gasteiger partial charge in [0, 0.05) is 5.56 Å². The molecule has 0 heterocycles. The summed E-state index contributed by atoms with van der Waals surface area (Å²) in [6, 6.07) is 15.3. The summed E-state index contributed by atoms with van der Waals surface area (Å²) in [5.41, 5.74) is 2.15. The zero-order valence-electron chi connectivity index (χ0n) is 16.6. The lowest BCUT2D eigenvalue weighted by molar-refractivity contribution is -0.124. The smallest absolute Gasteiger partial charge is 0.426 e. The molecule has 0 aliphatic carbocycles. The fourth-order valence-electron chi connectivity index (χ4n) is 2.95. The minimum atomic E-state index is -1.74. The average Bonchev–Trinajstić information content (AvgIpc) is 2.71. The molecule has 0 saturated heterocycles. The molecule has 0 aliphatic heterocycles. The highest BCUT2D eigenvalue weighted by Crippen LogP contribution is 2.20. The summed E-state index contributed by atoms with van der Waals surface area (Å²) in [4.78, 5) is 25.0. The van der Waals surface area contributed by atoms with Gasteiger partial charge in [0.25, 0.3) is 5.91 Å². The Morgan fingerprint density at radius 2 is 1.62 bits per heavy atom. The van der Waals surface area contributed by atoms with Crippen LogP contribution in [0.4, 0.5) is 0 Å². The molecular formula is C21H27BN2O5. The zero-order valence-corrected chi connectivity index (χ0v) is 16.6. The van der Waals surface area contributed by atoms with Crippen LogP contribution in [0.25, 0.3) is 11.1 Å². The number of hydrogen-bond donors (Lipinski definition) is 5. The highest BCUT2D eigenvalue weighted by Gasteiger charge is 2.29. The Bertz CT molecular complexity index is 814. The third-order valence-corrected chi connectivity index (χ3v) is 4.45. The van der Waals surface area contributed by atoms with Crippen LogP contribution in [0.1, 0.15) is 30.6 Å². The molecule has 0 radical (unpaired) electrons. The van der Waals surface area contributed by atoms with Gasteiger partial charge in [0.15, 0.2) is 0 Å². The van der Waals surface area contributed by atoms with Gasteiger partial charge in [-0.15, -0.1) is 0 Å². The molecule has 2 aromatic carbocycles. The molecule has 7 nitrogen and oxygen atoms in total. The van der Waals surface area contributed by atoms with Crippen molar-refractivity contribution >= 4 is 18.9 Å². The number of carbonyl (C=O) groups is 2. The molecule has 0 saturated carbocycles. The van der Waals surface area contributed by atoms with Crippen molar-refractivity contribution < 1.29 is 24.7 Å². The fourth-order valence-corrected chi connectivity index (χ4v) is 2.95. The van der Waals surface area contributed by atoms with Crippen LogP contribution < -0.4 is 10.6 Å². The van der Waals surface area contributed by atoms with Gasteiger partial charge in [-0.05, 0) is 35.6 Å². The van der Waals surface area contributed by atoms with Crippen molar-refractivity contribution in [2.24, 2.45) is 5.92 Å². The highest BCUT2D eigenvalue weighted by molar-refractivity contribution is 6.43. The van der Waals surface area contributed by atoms with Crippen molar-refractivity contribution in [3.05, 3.63) is 60.2 Å². The van der Waals surface area contributed by atoms with E-state index in [2.05, 4.69) is 10.6 Å². The van der Waals surface area contributed by atoms with Gasteiger partial charge in [0.1, 0.15) is 6.04 Å². The minimum absolute atomic E-state index is 0.116. The number of aliphatic hydroxyl groups excluding tert-OH is 1.